The SMILES string of the molecule is O=C(N[C@@H]1CCCNC1)c1cc(Br)cc([N+](=O)[O-])c1. The lowest BCUT2D eigenvalue weighted by atomic mass is 10.1. The first-order chi connectivity index (χ1) is 9.06. The molecule has 0 aromatic heterocycles. The molecule has 1 aromatic carbocycles. The summed E-state index contributed by atoms with van der Waals surface area (Å²) in [5.41, 5.74) is 0.202. The normalized spacial score (nSPS) is 18.9. The monoisotopic (exact) mass is 327 g/mol. The van der Waals surface area contributed by atoms with Gasteiger partial charge in [0.15, 0.2) is 0 Å². The third-order valence-corrected chi connectivity index (χ3v) is 3.45. The van der Waals surface area contributed by atoms with Gasteiger partial charge < -0.3 is 10.6 Å². The molecule has 0 bridgehead atoms. The van der Waals surface area contributed by atoms with Crippen molar-refractivity contribution in [2.24, 2.45) is 0 Å². The highest BCUT2D eigenvalue weighted by Gasteiger charge is 2.18. The molecular weight excluding hydrogens is 314 g/mol. The summed E-state index contributed by atoms with van der Waals surface area (Å²) in [6.45, 7) is 1.70. The topological polar surface area (TPSA) is 84.3 Å². The average molecular weight is 328 g/mol. The number of carbonyl (C=O) groups is 1. The van der Waals surface area contributed by atoms with E-state index in [0.29, 0.717) is 10.0 Å². The third-order valence-electron chi connectivity index (χ3n) is 2.99. The molecule has 0 saturated carbocycles. The summed E-state index contributed by atoms with van der Waals surface area (Å²) >= 11 is 3.18. The number of halogens is 1. The highest BCUT2D eigenvalue weighted by Crippen LogP contribution is 2.21. The van der Waals surface area contributed by atoms with E-state index in [0.717, 1.165) is 25.9 Å². The van der Waals surface area contributed by atoms with Crippen molar-refractivity contribution in [3.63, 3.8) is 0 Å². The highest BCUT2D eigenvalue weighted by molar-refractivity contribution is 9.10. The highest BCUT2D eigenvalue weighted by atomic mass is 79.9. The van der Waals surface area contributed by atoms with Crippen LogP contribution < -0.4 is 10.6 Å². The molecule has 1 fully saturated rings. The number of carbonyl (C=O) groups excluding carboxylic acids is 1. The second kappa shape index (κ2) is 6.12. The lowest BCUT2D eigenvalue weighted by molar-refractivity contribution is -0.385. The van der Waals surface area contributed by atoms with Crippen LogP contribution in [0.3, 0.4) is 0 Å². The van der Waals surface area contributed by atoms with Crippen LogP contribution in [-0.4, -0.2) is 30.0 Å². The van der Waals surface area contributed by atoms with Crippen molar-refractivity contribution in [3.8, 4) is 0 Å². The van der Waals surface area contributed by atoms with E-state index in [1.165, 1.54) is 12.1 Å². The first kappa shape index (κ1) is 14.0. The summed E-state index contributed by atoms with van der Waals surface area (Å²) in [5, 5.41) is 16.8. The number of piperidine rings is 1. The number of hydrogen-bond acceptors (Lipinski definition) is 4. The molecule has 0 spiro atoms. The Morgan fingerprint density at radius 3 is 2.89 bits per heavy atom. The van der Waals surface area contributed by atoms with Crippen LogP contribution in [0.15, 0.2) is 22.7 Å². The van der Waals surface area contributed by atoms with Crippen molar-refractivity contribution >= 4 is 27.5 Å². The van der Waals surface area contributed by atoms with Crippen LogP contribution in [0.2, 0.25) is 0 Å². The van der Waals surface area contributed by atoms with Gasteiger partial charge in [0.05, 0.1) is 4.92 Å². The van der Waals surface area contributed by atoms with Crippen LogP contribution in [-0.2, 0) is 0 Å². The molecular formula is C12H14BrN3O3. The van der Waals surface area contributed by atoms with E-state index in [1.807, 2.05) is 0 Å². The first-order valence-electron chi connectivity index (χ1n) is 6.03. The Kier molecular flexibility index (Phi) is 4.49. The minimum absolute atomic E-state index is 0.0827. The zero-order valence-corrected chi connectivity index (χ0v) is 11.8. The largest absolute Gasteiger partial charge is 0.348 e. The maximum absolute atomic E-state index is 12.1. The van der Waals surface area contributed by atoms with Gasteiger partial charge in [-0.15, -0.1) is 0 Å². The number of nitro groups is 1. The number of amides is 1. The Bertz CT molecular complexity index is 501. The van der Waals surface area contributed by atoms with E-state index in [9.17, 15) is 14.9 Å². The van der Waals surface area contributed by atoms with Gasteiger partial charge in [-0.2, -0.15) is 0 Å². The molecule has 0 unspecified atom stereocenters. The Morgan fingerprint density at radius 1 is 1.47 bits per heavy atom. The Hall–Kier alpha value is -1.47. The van der Waals surface area contributed by atoms with Gasteiger partial charge in [0.2, 0.25) is 0 Å². The van der Waals surface area contributed by atoms with Gasteiger partial charge in [-0.1, -0.05) is 15.9 Å². The van der Waals surface area contributed by atoms with E-state index in [1.54, 1.807) is 6.07 Å². The molecule has 19 heavy (non-hydrogen) atoms. The van der Waals surface area contributed by atoms with Crippen molar-refractivity contribution in [1.29, 1.82) is 0 Å². The third kappa shape index (κ3) is 3.74. The summed E-state index contributed by atoms with van der Waals surface area (Å²) in [6, 6.07) is 4.33. The minimum atomic E-state index is -0.510. The Balaban J connectivity index is 2.11. The quantitative estimate of drug-likeness (QED) is 0.655. The Labute approximate surface area is 118 Å². The molecule has 0 aliphatic carbocycles. The molecule has 0 radical (unpaired) electrons. The lowest BCUT2D eigenvalue weighted by Crippen LogP contribution is -2.45. The number of rotatable bonds is 3. The smallest absolute Gasteiger partial charge is 0.271 e. The van der Waals surface area contributed by atoms with Crippen molar-refractivity contribution < 1.29 is 9.72 Å². The van der Waals surface area contributed by atoms with Gasteiger partial charge in [0.25, 0.3) is 11.6 Å². The predicted octanol–water partition coefficient (Wildman–Crippen LogP) is 1.84. The molecule has 1 aromatic rings. The fraction of sp³-hybridized carbons (Fsp3) is 0.417. The van der Waals surface area contributed by atoms with Crippen molar-refractivity contribution in [1.82, 2.24) is 10.6 Å². The maximum atomic E-state index is 12.1. The molecule has 1 amide bonds. The summed E-state index contributed by atoms with van der Waals surface area (Å²) in [7, 11) is 0. The maximum Gasteiger partial charge on any atom is 0.271 e. The van der Waals surface area contributed by atoms with Gasteiger partial charge in [-0.05, 0) is 25.5 Å². The second-order valence-electron chi connectivity index (χ2n) is 4.47. The zero-order valence-electron chi connectivity index (χ0n) is 10.2. The number of benzene rings is 1. The van der Waals surface area contributed by atoms with Crippen molar-refractivity contribution in [3.05, 3.63) is 38.3 Å². The van der Waals surface area contributed by atoms with E-state index < -0.39 is 4.92 Å². The van der Waals surface area contributed by atoms with E-state index in [2.05, 4.69) is 26.6 Å². The van der Waals surface area contributed by atoms with Crippen LogP contribution in [0, 0.1) is 10.1 Å². The molecule has 2 rings (SSSR count). The van der Waals surface area contributed by atoms with Crippen LogP contribution in [0.1, 0.15) is 23.2 Å². The summed E-state index contributed by atoms with van der Waals surface area (Å²) < 4.78 is 0.522. The number of nitrogens with zero attached hydrogens (tertiary/aromatic N) is 1. The van der Waals surface area contributed by atoms with Crippen LogP contribution in [0.4, 0.5) is 5.69 Å². The number of nitrogens with one attached hydrogen (secondary N) is 2. The molecule has 1 aliphatic heterocycles. The molecule has 1 heterocycles. The molecule has 1 saturated heterocycles. The Morgan fingerprint density at radius 2 is 2.26 bits per heavy atom. The molecule has 6 nitrogen and oxygen atoms in total. The number of nitro benzene ring substituents is 1. The number of hydrogen-bond donors (Lipinski definition) is 2. The fourth-order valence-electron chi connectivity index (χ4n) is 2.05. The number of non-ortho nitro benzene ring substituents is 1. The van der Waals surface area contributed by atoms with Crippen LogP contribution in [0.5, 0.6) is 0 Å². The molecule has 1 atom stereocenters. The van der Waals surface area contributed by atoms with Crippen LogP contribution >= 0.6 is 15.9 Å². The molecule has 102 valence electrons. The van der Waals surface area contributed by atoms with Crippen molar-refractivity contribution in [2.75, 3.05) is 13.1 Å². The average Bonchev–Trinajstić information content (AvgIpc) is 2.39. The molecule has 1 aliphatic rings. The minimum Gasteiger partial charge on any atom is -0.348 e. The van der Waals surface area contributed by atoms with Gasteiger partial charge in [0.1, 0.15) is 0 Å². The van der Waals surface area contributed by atoms with E-state index >= 15 is 0 Å². The van der Waals surface area contributed by atoms with Gasteiger partial charge in [-0.25, -0.2) is 0 Å². The predicted molar refractivity (Wildman–Crippen MR) is 74.2 cm³/mol. The zero-order chi connectivity index (χ0) is 13.8. The standard InChI is InChI=1S/C12H14BrN3O3/c13-9-4-8(5-11(6-9)16(18)19)12(17)15-10-2-1-3-14-7-10/h4-6,10,14H,1-3,7H2,(H,15,17)/t10-/m1/s1. The fourth-order valence-corrected chi connectivity index (χ4v) is 2.54. The lowest BCUT2D eigenvalue weighted by Gasteiger charge is -2.23. The molecule has 2 N–H and O–H groups in total. The summed E-state index contributed by atoms with van der Waals surface area (Å²) in [4.78, 5) is 22.3. The van der Waals surface area contributed by atoms with Gasteiger partial charge in [0, 0.05) is 34.8 Å². The first-order valence-corrected chi connectivity index (χ1v) is 6.82. The van der Waals surface area contributed by atoms with E-state index in [4.69, 9.17) is 0 Å². The second-order valence-corrected chi connectivity index (χ2v) is 5.39. The summed E-state index contributed by atoms with van der Waals surface area (Å²) in [6.07, 6.45) is 1.94. The van der Waals surface area contributed by atoms with Crippen LogP contribution in [0.25, 0.3) is 0 Å². The molecule has 7 heteroatoms. The van der Waals surface area contributed by atoms with Gasteiger partial charge in [-0.3, -0.25) is 14.9 Å². The van der Waals surface area contributed by atoms with E-state index in [-0.39, 0.29) is 17.6 Å². The van der Waals surface area contributed by atoms with Crippen molar-refractivity contribution in [2.45, 2.75) is 18.9 Å². The van der Waals surface area contributed by atoms with Gasteiger partial charge >= 0.3 is 0 Å². The summed E-state index contributed by atoms with van der Waals surface area (Å²) in [5.74, 6) is -0.280.